The minimum Gasteiger partial charge on any atom is -0.355 e. The van der Waals surface area contributed by atoms with E-state index in [9.17, 15) is 26.7 Å². The maximum Gasteiger partial charge on any atom is 0.433 e. The second-order valence-electron chi connectivity index (χ2n) is 9.48. The van der Waals surface area contributed by atoms with Crippen molar-refractivity contribution < 1.29 is 26.7 Å². The Morgan fingerprint density at radius 2 is 1.86 bits per heavy atom. The second-order valence-corrected chi connectivity index (χ2v) is 9.48. The number of hydrogen-bond acceptors (Lipinski definition) is 6. The summed E-state index contributed by atoms with van der Waals surface area (Å²) in [7, 11) is 0. The number of pyridine rings is 1. The lowest BCUT2D eigenvalue weighted by Gasteiger charge is -2.60. The van der Waals surface area contributed by atoms with Crippen LogP contribution in [0, 0.1) is 17.3 Å². The van der Waals surface area contributed by atoms with Crippen molar-refractivity contribution >= 4 is 28.6 Å². The quantitative estimate of drug-likeness (QED) is 0.519. The normalized spacial score (nSPS) is 26.3. The number of halogens is 5. The van der Waals surface area contributed by atoms with Crippen molar-refractivity contribution in [2.24, 2.45) is 17.3 Å². The number of nitrogens with zero attached hydrogens (tertiary/aromatic N) is 7. The minimum absolute atomic E-state index is 0.119. The van der Waals surface area contributed by atoms with Gasteiger partial charge in [-0.1, -0.05) is 0 Å². The molecule has 6 heterocycles. The molecule has 7 rings (SSSR count). The van der Waals surface area contributed by atoms with Crippen molar-refractivity contribution in [1.29, 1.82) is 0 Å². The molecule has 2 atom stereocenters. The minimum atomic E-state index is -4.54. The van der Waals surface area contributed by atoms with Crippen molar-refractivity contribution in [3.8, 4) is 0 Å². The van der Waals surface area contributed by atoms with Crippen LogP contribution in [0.2, 0.25) is 0 Å². The van der Waals surface area contributed by atoms with E-state index in [1.54, 1.807) is 6.20 Å². The van der Waals surface area contributed by atoms with Crippen LogP contribution in [0.3, 0.4) is 0 Å². The topological polar surface area (TPSA) is 80.0 Å². The molecule has 8 nitrogen and oxygen atoms in total. The number of carbonyl (C=O) groups is 1. The van der Waals surface area contributed by atoms with Crippen molar-refractivity contribution in [3.05, 3.63) is 36.4 Å². The van der Waals surface area contributed by atoms with E-state index < -0.39 is 24.8 Å². The summed E-state index contributed by atoms with van der Waals surface area (Å²) in [6, 6.07) is 2.19. The van der Waals surface area contributed by atoms with Crippen LogP contribution in [-0.2, 0) is 17.5 Å². The van der Waals surface area contributed by atoms with Crippen LogP contribution in [-0.4, -0.2) is 56.7 Å². The maximum atomic E-state index is 12.9. The summed E-state index contributed by atoms with van der Waals surface area (Å²) in [5.41, 5.74) is -0.133. The number of piperidine rings is 2. The summed E-state index contributed by atoms with van der Waals surface area (Å²) >= 11 is 0. The molecule has 1 saturated carbocycles. The molecular formula is C22H20F5N7O. The predicted octanol–water partition coefficient (Wildman–Crippen LogP) is 3.38. The van der Waals surface area contributed by atoms with Crippen LogP contribution in [0.4, 0.5) is 33.5 Å². The van der Waals surface area contributed by atoms with Gasteiger partial charge in [0.25, 0.3) is 6.43 Å². The molecule has 0 aromatic carbocycles. The molecule has 0 N–H and O–H groups in total. The first-order valence-corrected chi connectivity index (χ1v) is 11.2. The first-order valence-electron chi connectivity index (χ1n) is 11.2. The highest BCUT2D eigenvalue weighted by molar-refractivity contribution is 5.96. The largest absolute Gasteiger partial charge is 0.433 e. The van der Waals surface area contributed by atoms with Gasteiger partial charge in [0.2, 0.25) is 5.91 Å². The molecule has 1 amide bonds. The zero-order valence-electron chi connectivity index (χ0n) is 18.3. The summed E-state index contributed by atoms with van der Waals surface area (Å²) in [5, 5.41) is 3.95. The zero-order valence-corrected chi connectivity index (χ0v) is 18.3. The van der Waals surface area contributed by atoms with E-state index >= 15 is 0 Å². The highest BCUT2D eigenvalue weighted by Gasteiger charge is 2.63. The molecule has 3 aromatic heterocycles. The van der Waals surface area contributed by atoms with Crippen LogP contribution in [0.15, 0.2) is 30.7 Å². The summed E-state index contributed by atoms with van der Waals surface area (Å²) in [6.45, 7) is 1.14. The molecule has 1 aliphatic carbocycles. The molecule has 2 unspecified atom stereocenters. The molecule has 1 spiro atoms. The number of anilines is 2. The molecule has 4 fully saturated rings. The first-order chi connectivity index (χ1) is 16.6. The van der Waals surface area contributed by atoms with Gasteiger partial charge in [-0.2, -0.15) is 18.3 Å². The Kier molecular flexibility index (Phi) is 4.77. The Labute approximate surface area is 195 Å². The number of fused-ring (bicyclic) bond motifs is 3. The monoisotopic (exact) mass is 493 g/mol. The molecule has 184 valence electrons. The average molecular weight is 493 g/mol. The molecular weight excluding hydrogens is 473 g/mol. The number of aromatic nitrogens is 5. The van der Waals surface area contributed by atoms with Crippen LogP contribution in [0.25, 0.3) is 11.2 Å². The van der Waals surface area contributed by atoms with E-state index in [2.05, 4.69) is 25.0 Å². The highest BCUT2D eigenvalue weighted by atomic mass is 19.4. The highest BCUT2D eigenvalue weighted by Crippen LogP contribution is 2.61. The molecule has 0 radical (unpaired) electrons. The lowest BCUT2D eigenvalue weighted by atomic mass is 9.50. The second kappa shape index (κ2) is 7.56. The fourth-order valence-corrected chi connectivity index (χ4v) is 5.86. The summed E-state index contributed by atoms with van der Waals surface area (Å²) in [6.07, 6.45) is -1.70. The third-order valence-corrected chi connectivity index (χ3v) is 7.63. The Morgan fingerprint density at radius 1 is 1.09 bits per heavy atom. The predicted molar refractivity (Wildman–Crippen MR) is 114 cm³/mol. The zero-order chi connectivity index (χ0) is 24.5. The third-order valence-electron chi connectivity index (χ3n) is 7.63. The van der Waals surface area contributed by atoms with Gasteiger partial charge in [-0.25, -0.2) is 28.4 Å². The van der Waals surface area contributed by atoms with Gasteiger partial charge in [0.15, 0.2) is 5.65 Å². The first kappa shape index (κ1) is 22.1. The summed E-state index contributed by atoms with van der Waals surface area (Å²) in [4.78, 5) is 28.8. The molecule has 4 aliphatic rings. The maximum absolute atomic E-state index is 12.9. The van der Waals surface area contributed by atoms with Gasteiger partial charge in [-0.15, -0.1) is 0 Å². The number of carbonyl (C=O) groups excluding carboxylic acids is 1. The number of hydrogen-bond donors (Lipinski definition) is 0. The fourth-order valence-electron chi connectivity index (χ4n) is 5.86. The Morgan fingerprint density at radius 3 is 2.51 bits per heavy atom. The Hall–Kier alpha value is -3.38. The number of rotatable bonds is 4. The third kappa shape index (κ3) is 3.50. The van der Waals surface area contributed by atoms with Crippen LogP contribution < -0.4 is 9.80 Å². The Balaban J connectivity index is 1.20. The molecule has 35 heavy (non-hydrogen) atoms. The van der Waals surface area contributed by atoms with Crippen LogP contribution >= 0.6 is 0 Å². The lowest BCUT2D eigenvalue weighted by molar-refractivity contribution is -0.141. The number of amides is 1. The summed E-state index contributed by atoms with van der Waals surface area (Å²) in [5.74, 6) is 0.847. The van der Waals surface area contributed by atoms with Gasteiger partial charge in [-0.3, -0.25) is 4.79 Å². The standard InChI is InChI=1S/C22H20F5N7O/c23-17(24)10-34-20-15(6-30-34)28-7-18(31-20)32-8-12-3-13(9-32)21(12)4-19(35)33(11-21)14-1-2-16(29-5-14)22(25,26)27/h1-2,5-7,12-13,17H,3-4,8-11H2. The van der Waals surface area contributed by atoms with E-state index in [1.807, 2.05) is 0 Å². The van der Waals surface area contributed by atoms with Gasteiger partial charge in [0, 0.05) is 31.5 Å². The van der Waals surface area contributed by atoms with E-state index in [0.717, 1.165) is 23.4 Å². The molecule has 13 heteroatoms. The van der Waals surface area contributed by atoms with E-state index in [0.29, 0.717) is 48.7 Å². The van der Waals surface area contributed by atoms with E-state index in [4.69, 9.17) is 0 Å². The summed E-state index contributed by atoms with van der Waals surface area (Å²) < 4.78 is 65.4. The smallest absolute Gasteiger partial charge is 0.355 e. The van der Waals surface area contributed by atoms with Crippen LogP contribution in [0.1, 0.15) is 18.5 Å². The SMILES string of the molecule is O=C1CC2(CN1c1ccc(C(F)(F)F)nc1)C1CC2CN(c2cnc3cnn(CC(F)F)c3n2)C1. The molecule has 2 bridgehead atoms. The van der Waals surface area contributed by atoms with E-state index in [1.165, 1.54) is 17.2 Å². The van der Waals surface area contributed by atoms with Crippen molar-refractivity contribution in [2.45, 2.75) is 32.0 Å². The molecule has 3 aromatic rings. The van der Waals surface area contributed by atoms with Crippen molar-refractivity contribution in [3.63, 3.8) is 0 Å². The molecule has 3 aliphatic heterocycles. The molecule has 3 saturated heterocycles. The average Bonchev–Trinajstić information content (AvgIpc) is 3.40. The number of alkyl halides is 5. The van der Waals surface area contributed by atoms with Gasteiger partial charge < -0.3 is 9.80 Å². The van der Waals surface area contributed by atoms with Gasteiger partial charge in [0.05, 0.1) is 24.3 Å². The van der Waals surface area contributed by atoms with Crippen molar-refractivity contribution in [1.82, 2.24) is 24.7 Å². The lowest BCUT2D eigenvalue weighted by Crippen LogP contribution is -2.63. The Bertz CT molecular complexity index is 1280. The van der Waals surface area contributed by atoms with Crippen molar-refractivity contribution in [2.75, 3.05) is 29.4 Å². The van der Waals surface area contributed by atoms with Gasteiger partial charge >= 0.3 is 6.18 Å². The van der Waals surface area contributed by atoms with E-state index in [-0.39, 0.29) is 23.2 Å². The van der Waals surface area contributed by atoms with Crippen LogP contribution in [0.5, 0.6) is 0 Å². The van der Waals surface area contributed by atoms with Gasteiger partial charge in [-0.05, 0) is 30.4 Å². The van der Waals surface area contributed by atoms with Gasteiger partial charge in [0.1, 0.15) is 23.6 Å². The fraction of sp³-hybridized carbons (Fsp3) is 0.500.